The van der Waals surface area contributed by atoms with E-state index >= 15 is 0 Å². The van der Waals surface area contributed by atoms with Crippen LogP contribution in [0.2, 0.25) is 0 Å². The first-order valence-electron chi connectivity index (χ1n) is 10.2. The molecule has 11 nitrogen and oxygen atoms in total. The van der Waals surface area contributed by atoms with Crippen molar-refractivity contribution in [3.63, 3.8) is 0 Å². The van der Waals surface area contributed by atoms with Crippen LogP contribution in [0.5, 0.6) is 0 Å². The Kier molecular flexibility index (Phi) is 6.05. The minimum absolute atomic E-state index is 0.0441. The maximum absolute atomic E-state index is 13.1. The zero-order valence-electron chi connectivity index (χ0n) is 16.9. The highest BCUT2D eigenvalue weighted by Gasteiger charge is 2.45. The van der Waals surface area contributed by atoms with Gasteiger partial charge in [0.25, 0.3) is 0 Å². The summed E-state index contributed by atoms with van der Waals surface area (Å²) in [4.78, 5) is 50.0. The molecular weight excluding hydrogens is 406 g/mol. The lowest BCUT2D eigenvalue weighted by atomic mass is 10.1. The molecule has 166 valence electrons. The lowest BCUT2D eigenvalue weighted by Gasteiger charge is -2.42. The number of nitrogens with one attached hydrogen (secondary N) is 1. The number of nitrogens with two attached hydrogens (primary N) is 1. The molecule has 0 bridgehead atoms. The Labute approximate surface area is 179 Å². The van der Waals surface area contributed by atoms with E-state index in [0.29, 0.717) is 19.4 Å². The molecule has 31 heavy (non-hydrogen) atoms. The molecule has 4 amide bonds. The predicted octanol–water partition coefficient (Wildman–Crippen LogP) is -0.132. The average molecular weight is 431 g/mol. The highest BCUT2D eigenvalue weighted by molar-refractivity contribution is 5.91. The van der Waals surface area contributed by atoms with Crippen LogP contribution >= 0.6 is 0 Å². The smallest absolute Gasteiger partial charge is 0.353 e. The number of carbonyl (C=O) groups is 4. The highest BCUT2D eigenvalue weighted by Crippen LogP contribution is 2.24. The van der Waals surface area contributed by atoms with Gasteiger partial charge in [-0.1, -0.05) is 30.3 Å². The molecule has 4 rings (SSSR count). The molecule has 0 aromatic heterocycles. The summed E-state index contributed by atoms with van der Waals surface area (Å²) in [5.74, 6) is 4.52. The van der Waals surface area contributed by atoms with Gasteiger partial charge in [-0.25, -0.2) is 20.7 Å². The van der Waals surface area contributed by atoms with Crippen molar-refractivity contribution in [3.8, 4) is 0 Å². The van der Waals surface area contributed by atoms with Crippen molar-refractivity contribution in [2.45, 2.75) is 50.7 Å². The van der Waals surface area contributed by atoms with E-state index in [2.05, 4.69) is 5.32 Å². The molecule has 3 atom stereocenters. The maximum Gasteiger partial charge on any atom is 0.353 e. The van der Waals surface area contributed by atoms with E-state index in [0.717, 1.165) is 15.6 Å². The summed E-state index contributed by atoms with van der Waals surface area (Å²) in [5.41, 5.74) is 0.898. The van der Waals surface area contributed by atoms with Crippen LogP contribution in [0.25, 0.3) is 0 Å². The fourth-order valence-corrected chi connectivity index (χ4v) is 3.97. The largest absolute Gasteiger partial charge is 0.433 e. The number of carbonyl (C=O) groups excluding carboxylic acids is 4. The number of amides is 4. The molecule has 0 radical (unpaired) electrons. The van der Waals surface area contributed by atoms with Crippen LogP contribution in [0.4, 0.5) is 4.79 Å². The number of ether oxygens (including phenoxy) is 2. The van der Waals surface area contributed by atoms with Gasteiger partial charge in [0.1, 0.15) is 12.1 Å². The number of hydrogen-bond acceptors (Lipinski definition) is 7. The molecule has 0 aliphatic carbocycles. The SMILES string of the molecule is NN1CCC(=O)N2CCC[C@@H](C(=O)N[C@H]3CC(=O)OC3OCc3ccccc3)N2C1=O. The first-order chi connectivity index (χ1) is 14.9. The number of fused-ring (bicyclic) bond motifs is 1. The van der Waals surface area contributed by atoms with E-state index < -0.39 is 36.3 Å². The number of benzene rings is 1. The van der Waals surface area contributed by atoms with Crippen molar-refractivity contribution in [2.75, 3.05) is 13.1 Å². The highest BCUT2D eigenvalue weighted by atomic mass is 16.7. The lowest BCUT2D eigenvalue weighted by Crippen LogP contribution is -2.64. The molecular formula is C20H25N5O6. The van der Waals surface area contributed by atoms with Gasteiger partial charge in [0.05, 0.1) is 13.0 Å². The summed E-state index contributed by atoms with van der Waals surface area (Å²) >= 11 is 0. The number of hydrogen-bond donors (Lipinski definition) is 2. The second kappa shape index (κ2) is 8.90. The third kappa shape index (κ3) is 4.47. The first-order valence-corrected chi connectivity index (χ1v) is 10.2. The molecule has 3 fully saturated rings. The summed E-state index contributed by atoms with van der Waals surface area (Å²) in [6.07, 6.45) is 0.0347. The molecule has 3 saturated heterocycles. The third-order valence-electron chi connectivity index (χ3n) is 5.55. The van der Waals surface area contributed by atoms with Gasteiger partial charge in [0.2, 0.25) is 18.1 Å². The minimum Gasteiger partial charge on any atom is -0.433 e. The Bertz CT molecular complexity index is 865. The fourth-order valence-electron chi connectivity index (χ4n) is 3.97. The monoisotopic (exact) mass is 431 g/mol. The quantitative estimate of drug-likeness (QED) is 0.377. The Morgan fingerprint density at radius 2 is 1.97 bits per heavy atom. The van der Waals surface area contributed by atoms with E-state index in [9.17, 15) is 19.2 Å². The van der Waals surface area contributed by atoms with Gasteiger partial charge in [-0.3, -0.25) is 19.4 Å². The molecule has 3 aliphatic rings. The summed E-state index contributed by atoms with van der Waals surface area (Å²) in [6.45, 7) is 0.638. The van der Waals surface area contributed by atoms with Crippen molar-refractivity contribution in [1.29, 1.82) is 0 Å². The zero-order chi connectivity index (χ0) is 22.0. The van der Waals surface area contributed by atoms with Crippen molar-refractivity contribution in [1.82, 2.24) is 20.3 Å². The van der Waals surface area contributed by atoms with E-state index in [-0.39, 0.29) is 31.9 Å². The van der Waals surface area contributed by atoms with E-state index in [1.165, 1.54) is 5.01 Å². The maximum atomic E-state index is 13.1. The average Bonchev–Trinajstić information content (AvgIpc) is 3.08. The molecule has 3 N–H and O–H groups in total. The second-order valence-corrected chi connectivity index (χ2v) is 7.72. The van der Waals surface area contributed by atoms with Crippen LogP contribution in [-0.2, 0) is 30.5 Å². The molecule has 1 unspecified atom stereocenters. The van der Waals surface area contributed by atoms with Gasteiger partial charge in [-0.15, -0.1) is 0 Å². The number of cyclic esters (lactones) is 1. The molecule has 0 spiro atoms. The van der Waals surface area contributed by atoms with Gasteiger partial charge in [0.15, 0.2) is 0 Å². The number of esters is 1. The van der Waals surface area contributed by atoms with Crippen LogP contribution in [-0.4, -0.2) is 70.3 Å². The summed E-state index contributed by atoms with van der Waals surface area (Å²) < 4.78 is 10.9. The normalized spacial score (nSPS) is 26.4. The number of urea groups is 1. The molecule has 1 aromatic carbocycles. The van der Waals surface area contributed by atoms with Gasteiger partial charge < -0.3 is 14.8 Å². The number of nitrogens with zero attached hydrogens (tertiary/aromatic N) is 3. The number of rotatable bonds is 5. The first kappa shape index (κ1) is 21.1. The van der Waals surface area contributed by atoms with Crippen LogP contribution in [0.15, 0.2) is 30.3 Å². The van der Waals surface area contributed by atoms with Crippen LogP contribution in [0.3, 0.4) is 0 Å². The summed E-state index contributed by atoms with van der Waals surface area (Å²) in [5, 5.41) is 6.13. The van der Waals surface area contributed by atoms with Crippen molar-refractivity contribution in [3.05, 3.63) is 35.9 Å². The summed E-state index contributed by atoms with van der Waals surface area (Å²) in [6, 6.07) is 7.14. The second-order valence-electron chi connectivity index (χ2n) is 7.72. The molecule has 3 heterocycles. The van der Waals surface area contributed by atoms with Gasteiger partial charge in [-0.05, 0) is 18.4 Å². The van der Waals surface area contributed by atoms with Crippen molar-refractivity contribution >= 4 is 23.8 Å². The summed E-state index contributed by atoms with van der Waals surface area (Å²) in [7, 11) is 0. The Hall–Kier alpha value is -3.18. The fraction of sp³-hybridized carbons (Fsp3) is 0.500. The topological polar surface area (TPSA) is 135 Å². The van der Waals surface area contributed by atoms with Crippen LogP contribution in [0.1, 0.15) is 31.2 Å². The molecule has 3 aliphatic heterocycles. The third-order valence-corrected chi connectivity index (χ3v) is 5.55. The Balaban J connectivity index is 1.44. The zero-order valence-corrected chi connectivity index (χ0v) is 16.9. The minimum atomic E-state index is -0.941. The Morgan fingerprint density at radius 1 is 1.19 bits per heavy atom. The van der Waals surface area contributed by atoms with E-state index in [1.807, 2.05) is 30.3 Å². The molecule has 11 heteroatoms. The van der Waals surface area contributed by atoms with Gasteiger partial charge in [0, 0.05) is 19.5 Å². The van der Waals surface area contributed by atoms with Crippen LogP contribution < -0.4 is 11.2 Å². The van der Waals surface area contributed by atoms with Gasteiger partial charge >= 0.3 is 12.0 Å². The number of hydrazine groups is 2. The predicted molar refractivity (Wildman–Crippen MR) is 105 cm³/mol. The molecule has 1 aromatic rings. The van der Waals surface area contributed by atoms with E-state index in [4.69, 9.17) is 15.3 Å². The van der Waals surface area contributed by atoms with Crippen LogP contribution in [0, 0.1) is 0 Å². The van der Waals surface area contributed by atoms with Crippen molar-refractivity contribution in [2.24, 2.45) is 5.84 Å². The van der Waals surface area contributed by atoms with E-state index in [1.54, 1.807) is 0 Å². The lowest BCUT2D eigenvalue weighted by molar-refractivity contribution is -0.169. The van der Waals surface area contributed by atoms with Crippen molar-refractivity contribution < 1.29 is 28.7 Å². The standard InChI is InChI=1S/C20H25N5O6/c21-23-10-8-16(26)24-9-4-7-15(25(24)20(23)29)18(28)22-14-11-17(27)31-19(14)30-12-13-5-2-1-3-6-13/h1-3,5-6,14-15,19H,4,7-12,21H2,(H,22,28)/t14-,15-,19?/m0/s1. The molecule has 0 saturated carbocycles. The Morgan fingerprint density at radius 3 is 2.74 bits per heavy atom. The van der Waals surface area contributed by atoms with Gasteiger partial charge in [-0.2, -0.15) is 0 Å².